The maximum Gasteiger partial charge on any atom is 0.229 e. The van der Waals surface area contributed by atoms with Crippen LogP contribution in [-0.4, -0.2) is 17.1 Å². The minimum absolute atomic E-state index is 0.526. The highest BCUT2D eigenvalue weighted by molar-refractivity contribution is 5.64. The highest BCUT2D eigenvalue weighted by Gasteiger charge is 2.06. The van der Waals surface area contributed by atoms with Gasteiger partial charge in [0.25, 0.3) is 0 Å². The van der Waals surface area contributed by atoms with Gasteiger partial charge in [0.2, 0.25) is 5.95 Å². The van der Waals surface area contributed by atoms with E-state index < -0.39 is 0 Å². The van der Waals surface area contributed by atoms with Gasteiger partial charge in [0.1, 0.15) is 11.6 Å². The van der Waals surface area contributed by atoms with Crippen molar-refractivity contribution in [2.24, 2.45) is 0 Å². The van der Waals surface area contributed by atoms with Gasteiger partial charge < -0.3 is 15.4 Å². The molecule has 5 heteroatoms. The van der Waals surface area contributed by atoms with E-state index in [1.807, 2.05) is 31.2 Å². The van der Waals surface area contributed by atoms with E-state index >= 15 is 0 Å². The topological polar surface area (TPSA) is 59.1 Å². The lowest BCUT2D eigenvalue weighted by Crippen LogP contribution is -2.04. The average Bonchev–Trinajstić information content (AvgIpc) is 2.62. The number of benzene rings is 2. The zero-order chi connectivity index (χ0) is 17.6. The minimum Gasteiger partial charge on any atom is -0.495 e. The molecule has 3 aromatic rings. The van der Waals surface area contributed by atoms with E-state index in [4.69, 9.17) is 4.74 Å². The molecule has 1 aromatic heterocycles. The van der Waals surface area contributed by atoms with Crippen molar-refractivity contribution in [2.75, 3.05) is 17.7 Å². The smallest absolute Gasteiger partial charge is 0.229 e. The Hall–Kier alpha value is -3.08. The third-order valence-corrected chi connectivity index (χ3v) is 3.85. The number of aromatic nitrogens is 2. The van der Waals surface area contributed by atoms with Crippen molar-refractivity contribution in [1.29, 1.82) is 0 Å². The summed E-state index contributed by atoms with van der Waals surface area (Å²) in [4.78, 5) is 8.81. The van der Waals surface area contributed by atoms with E-state index in [2.05, 4.69) is 51.8 Å². The van der Waals surface area contributed by atoms with E-state index in [0.717, 1.165) is 22.8 Å². The average molecular weight is 334 g/mol. The Morgan fingerprint density at radius 2 is 1.72 bits per heavy atom. The van der Waals surface area contributed by atoms with Crippen LogP contribution in [0, 0.1) is 13.8 Å². The summed E-state index contributed by atoms with van der Waals surface area (Å²) < 4.78 is 5.38. The quantitative estimate of drug-likeness (QED) is 0.697. The first-order chi connectivity index (χ1) is 12.1. The van der Waals surface area contributed by atoms with Crippen molar-refractivity contribution >= 4 is 17.5 Å². The third kappa shape index (κ3) is 4.47. The van der Waals surface area contributed by atoms with Crippen LogP contribution in [0.15, 0.2) is 54.7 Å². The molecule has 0 fully saturated rings. The molecule has 1 heterocycles. The van der Waals surface area contributed by atoms with Gasteiger partial charge in [-0.3, -0.25) is 0 Å². The summed E-state index contributed by atoms with van der Waals surface area (Å²) in [5, 5.41) is 6.55. The second kappa shape index (κ2) is 7.66. The molecule has 25 heavy (non-hydrogen) atoms. The molecule has 0 amide bonds. The van der Waals surface area contributed by atoms with Gasteiger partial charge in [-0.2, -0.15) is 4.98 Å². The van der Waals surface area contributed by atoms with Crippen molar-refractivity contribution in [3.05, 3.63) is 71.4 Å². The highest BCUT2D eigenvalue weighted by atomic mass is 16.5. The zero-order valence-electron chi connectivity index (χ0n) is 14.7. The molecule has 5 nitrogen and oxygen atoms in total. The van der Waals surface area contributed by atoms with E-state index in [9.17, 15) is 0 Å². The number of anilines is 3. The molecule has 0 unspecified atom stereocenters. The fourth-order valence-corrected chi connectivity index (χ4v) is 2.46. The monoisotopic (exact) mass is 334 g/mol. The molecule has 0 spiro atoms. The molecule has 128 valence electrons. The number of nitrogens with one attached hydrogen (secondary N) is 2. The second-order valence-corrected chi connectivity index (χ2v) is 5.93. The molecule has 0 aliphatic carbocycles. The normalized spacial score (nSPS) is 10.4. The van der Waals surface area contributed by atoms with Gasteiger partial charge in [-0.05, 0) is 43.2 Å². The zero-order valence-corrected chi connectivity index (χ0v) is 14.7. The molecule has 0 aliphatic heterocycles. The van der Waals surface area contributed by atoms with Crippen LogP contribution >= 0.6 is 0 Å². The summed E-state index contributed by atoms with van der Waals surface area (Å²) in [6, 6.07) is 16.2. The molecule has 0 aliphatic rings. The number of methoxy groups -OCH3 is 1. The van der Waals surface area contributed by atoms with Crippen molar-refractivity contribution < 1.29 is 4.74 Å². The maximum atomic E-state index is 5.38. The van der Waals surface area contributed by atoms with Crippen molar-refractivity contribution in [1.82, 2.24) is 9.97 Å². The fraction of sp³-hybridized carbons (Fsp3) is 0.200. The molecule has 0 atom stereocenters. The van der Waals surface area contributed by atoms with Gasteiger partial charge in [0.15, 0.2) is 0 Å². The van der Waals surface area contributed by atoms with Crippen LogP contribution < -0.4 is 15.4 Å². The van der Waals surface area contributed by atoms with E-state index in [1.165, 1.54) is 11.1 Å². The molecule has 0 saturated heterocycles. The lowest BCUT2D eigenvalue weighted by molar-refractivity contribution is 0.416. The SMILES string of the molecule is COc1ccc(C)cc1Nc1nccc(NCc2ccc(C)cc2)n1. The van der Waals surface area contributed by atoms with Crippen LogP contribution in [0.25, 0.3) is 0 Å². The van der Waals surface area contributed by atoms with Gasteiger partial charge in [0.05, 0.1) is 12.8 Å². The van der Waals surface area contributed by atoms with Gasteiger partial charge in [-0.1, -0.05) is 35.9 Å². The third-order valence-electron chi connectivity index (χ3n) is 3.85. The lowest BCUT2D eigenvalue weighted by atomic mass is 10.1. The highest BCUT2D eigenvalue weighted by Crippen LogP contribution is 2.27. The largest absolute Gasteiger partial charge is 0.495 e. The van der Waals surface area contributed by atoms with E-state index in [0.29, 0.717) is 12.5 Å². The summed E-state index contributed by atoms with van der Waals surface area (Å²) >= 11 is 0. The fourth-order valence-electron chi connectivity index (χ4n) is 2.46. The molecular formula is C20H22N4O. The number of aryl methyl sites for hydroxylation is 2. The standard InChI is InChI=1S/C20H22N4O/c1-14-4-7-16(8-5-14)13-22-19-10-11-21-20(24-19)23-17-12-15(2)6-9-18(17)25-3/h4-12H,13H2,1-3H3,(H2,21,22,23,24). The minimum atomic E-state index is 0.526. The Morgan fingerprint density at radius 1 is 0.960 bits per heavy atom. The number of ether oxygens (including phenoxy) is 1. The number of hydrogen-bond donors (Lipinski definition) is 2. The molecule has 0 radical (unpaired) electrons. The van der Waals surface area contributed by atoms with Gasteiger partial charge in [-0.25, -0.2) is 4.98 Å². The summed E-state index contributed by atoms with van der Waals surface area (Å²) in [6.45, 7) is 4.83. The molecule has 3 rings (SSSR count). The Kier molecular flexibility index (Phi) is 5.14. The Balaban J connectivity index is 1.71. The van der Waals surface area contributed by atoms with E-state index in [-0.39, 0.29) is 0 Å². The first-order valence-corrected chi connectivity index (χ1v) is 8.18. The Morgan fingerprint density at radius 3 is 2.48 bits per heavy atom. The summed E-state index contributed by atoms with van der Waals surface area (Å²) in [5.41, 5.74) is 4.44. The van der Waals surface area contributed by atoms with Crippen LogP contribution in [0.5, 0.6) is 5.75 Å². The first kappa shape index (κ1) is 16.8. The van der Waals surface area contributed by atoms with Crippen molar-refractivity contribution in [3.63, 3.8) is 0 Å². The number of nitrogens with zero attached hydrogens (tertiary/aromatic N) is 2. The predicted octanol–water partition coefficient (Wildman–Crippen LogP) is 4.46. The summed E-state index contributed by atoms with van der Waals surface area (Å²) in [7, 11) is 1.65. The Bertz CT molecular complexity index is 847. The molecule has 0 bridgehead atoms. The first-order valence-electron chi connectivity index (χ1n) is 8.18. The summed E-state index contributed by atoms with van der Waals surface area (Å²) in [6.07, 6.45) is 1.73. The van der Waals surface area contributed by atoms with Crippen molar-refractivity contribution in [2.45, 2.75) is 20.4 Å². The molecular weight excluding hydrogens is 312 g/mol. The lowest BCUT2D eigenvalue weighted by Gasteiger charge is -2.12. The molecule has 0 saturated carbocycles. The van der Waals surface area contributed by atoms with Crippen LogP contribution in [0.4, 0.5) is 17.5 Å². The number of rotatable bonds is 6. The number of hydrogen-bond acceptors (Lipinski definition) is 5. The van der Waals surface area contributed by atoms with Gasteiger partial charge >= 0.3 is 0 Å². The van der Waals surface area contributed by atoms with Crippen LogP contribution in [0.1, 0.15) is 16.7 Å². The molecule has 2 N–H and O–H groups in total. The molecule has 2 aromatic carbocycles. The Labute approximate surface area is 148 Å². The summed E-state index contributed by atoms with van der Waals surface area (Å²) in [5.74, 6) is 2.05. The van der Waals surface area contributed by atoms with Crippen LogP contribution in [0.2, 0.25) is 0 Å². The second-order valence-electron chi connectivity index (χ2n) is 5.93. The van der Waals surface area contributed by atoms with E-state index in [1.54, 1.807) is 13.3 Å². The van der Waals surface area contributed by atoms with Gasteiger partial charge in [-0.15, -0.1) is 0 Å². The van der Waals surface area contributed by atoms with Crippen molar-refractivity contribution in [3.8, 4) is 5.75 Å². The van der Waals surface area contributed by atoms with Gasteiger partial charge in [0, 0.05) is 12.7 Å². The maximum absolute atomic E-state index is 5.38. The van der Waals surface area contributed by atoms with Crippen LogP contribution in [-0.2, 0) is 6.54 Å². The predicted molar refractivity (Wildman–Crippen MR) is 102 cm³/mol. The van der Waals surface area contributed by atoms with Crippen LogP contribution in [0.3, 0.4) is 0 Å².